The lowest BCUT2D eigenvalue weighted by atomic mass is 10.2. The molecule has 0 aromatic heterocycles. The van der Waals surface area contributed by atoms with Gasteiger partial charge >= 0.3 is 17.9 Å². The molecule has 168 valence electrons. The number of nitrogens with zero attached hydrogens (tertiary/aromatic N) is 2. The number of hydrogen-bond acceptors (Lipinski definition) is 10. The number of carboxylic acid groups (broad SMARTS) is 3. The van der Waals surface area contributed by atoms with E-state index < -0.39 is 54.1 Å². The van der Waals surface area contributed by atoms with Gasteiger partial charge in [0.25, 0.3) is 10.9 Å². The third kappa shape index (κ3) is 9.61. The summed E-state index contributed by atoms with van der Waals surface area (Å²) in [5, 5.41) is 39.4. The van der Waals surface area contributed by atoms with Crippen LogP contribution in [0.3, 0.4) is 0 Å². The molecule has 0 unspecified atom stereocenters. The van der Waals surface area contributed by atoms with Gasteiger partial charge in [-0.3, -0.25) is 38.6 Å². The zero-order valence-corrected chi connectivity index (χ0v) is 16.4. The highest BCUT2D eigenvalue weighted by molar-refractivity contribution is 5.78. The Bertz CT molecular complexity index is 814. The minimum Gasteiger partial charge on any atom is -0.502 e. The molecule has 1 aromatic rings. The SMILES string of the molecule is CNC(=O)CN(CCN(CC(=O)O)CC(=O)O)CC(=O)O.CNc1c(O)c(=O)c1=O. The number of rotatable bonds is 12. The van der Waals surface area contributed by atoms with Crippen molar-refractivity contribution >= 4 is 29.5 Å². The Morgan fingerprint density at radius 2 is 1.17 bits per heavy atom. The van der Waals surface area contributed by atoms with Crippen molar-refractivity contribution in [2.24, 2.45) is 0 Å². The van der Waals surface area contributed by atoms with Crippen LogP contribution < -0.4 is 21.5 Å². The quantitative estimate of drug-likeness (QED) is 0.178. The van der Waals surface area contributed by atoms with Gasteiger partial charge in [-0.05, 0) is 0 Å². The van der Waals surface area contributed by atoms with E-state index in [1.54, 1.807) is 0 Å². The van der Waals surface area contributed by atoms with Crippen molar-refractivity contribution in [1.82, 2.24) is 15.1 Å². The van der Waals surface area contributed by atoms with Crippen molar-refractivity contribution in [2.75, 3.05) is 58.7 Å². The number of aliphatic carboxylic acids is 3. The molecule has 0 fully saturated rings. The Morgan fingerprint density at radius 3 is 1.43 bits per heavy atom. The lowest BCUT2D eigenvalue weighted by Crippen LogP contribution is -2.44. The maximum atomic E-state index is 11.3. The second-order valence-corrected chi connectivity index (χ2v) is 5.91. The average Bonchev–Trinajstić information content (AvgIpc) is 2.65. The molecule has 30 heavy (non-hydrogen) atoms. The number of nitrogens with one attached hydrogen (secondary N) is 2. The van der Waals surface area contributed by atoms with Gasteiger partial charge in [0.15, 0.2) is 5.75 Å². The number of likely N-dealkylation sites (N-methyl/N-ethyl adjacent to an activating group) is 1. The van der Waals surface area contributed by atoms with Gasteiger partial charge in [-0.1, -0.05) is 0 Å². The smallest absolute Gasteiger partial charge is 0.317 e. The lowest BCUT2D eigenvalue weighted by molar-refractivity contribution is -0.143. The Labute approximate surface area is 170 Å². The van der Waals surface area contributed by atoms with Crippen LogP contribution in [0.4, 0.5) is 5.69 Å². The van der Waals surface area contributed by atoms with Gasteiger partial charge in [0.1, 0.15) is 5.69 Å². The van der Waals surface area contributed by atoms with Crippen LogP contribution in [-0.4, -0.2) is 107 Å². The number of aromatic hydroxyl groups is 1. The second kappa shape index (κ2) is 12.8. The van der Waals surface area contributed by atoms with Crippen LogP contribution >= 0.6 is 0 Å². The highest BCUT2D eigenvalue weighted by Crippen LogP contribution is 2.12. The minimum absolute atomic E-state index is 0.0139. The molecule has 0 saturated carbocycles. The normalized spacial score (nSPS) is 10.4. The standard InChI is InChI=1S/C11H19N3O7.C5H5NO3/c1-12-8(15)4-13(5-9(16)17)2-3-14(6-10(18)19)7-11(20)21;1-6-2-3(7)5(9)4(2)8/h2-7H2,1H3,(H,12,15)(H,16,17)(H,18,19)(H,20,21);6-7H,1H3. The van der Waals surface area contributed by atoms with Gasteiger partial charge in [-0.25, -0.2) is 0 Å². The highest BCUT2D eigenvalue weighted by Gasteiger charge is 2.18. The molecule has 0 aliphatic rings. The van der Waals surface area contributed by atoms with Gasteiger partial charge < -0.3 is 31.1 Å². The Balaban J connectivity index is 0.000000769. The van der Waals surface area contributed by atoms with Gasteiger partial charge in [0.05, 0.1) is 26.2 Å². The number of hydrogen-bond donors (Lipinski definition) is 6. The molecule has 0 aliphatic carbocycles. The summed E-state index contributed by atoms with van der Waals surface area (Å²) in [7, 11) is 2.87. The number of carboxylic acids is 3. The summed E-state index contributed by atoms with van der Waals surface area (Å²) in [6.07, 6.45) is 0. The van der Waals surface area contributed by atoms with Crippen LogP contribution in [0.2, 0.25) is 0 Å². The molecule has 0 heterocycles. The van der Waals surface area contributed by atoms with Crippen molar-refractivity contribution in [3.05, 3.63) is 20.4 Å². The first-order valence-corrected chi connectivity index (χ1v) is 8.43. The van der Waals surface area contributed by atoms with Gasteiger partial charge in [-0.15, -0.1) is 0 Å². The molecular formula is C16H24N4O10. The molecule has 1 aromatic carbocycles. The fourth-order valence-electron chi connectivity index (χ4n) is 2.18. The molecule has 0 bridgehead atoms. The Morgan fingerprint density at radius 1 is 0.767 bits per heavy atom. The van der Waals surface area contributed by atoms with Crippen molar-refractivity contribution in [3.63, 3.8) is 0 Å². The van der Waals surface area contributed by atoms with E-state index in [1.165, 1.54) is 19.0 Å². The van der Waals surface area contributed by atoms with Gasteiger partial charge in [0, 0.05) is 27.2 Å². The lowest BCUT2D eigenvalue weighted by Gasteiger charge is -2.24. The topological polar surface area (TPSA) is 214 Å². The average molecular weight is 432 g/mol. The molecule has 1 rings (SSSR count). The van der Waals surface area contributed by atoms with Crippen LogP contribution in [-0.2, 0) is 19.2 Å². The molecule has 6 N–H and O–H groups in total. The molecule has 14 heteroatoms. The van der Waals surface area contributed by atoms with Crippen molar-refractivity contribution in [3.8, 4) is 5.75 Å². The molecule has 14 nitrogen and oxygen atoms in total. The first-order valence-electron chi connectivity index (χ1n) is 8.43. The van der Waals surface area contributed by atoms with E-state index in [0.29, 0.717) is 0 Å². The number of carbonyl (C=O) groups excluding carboxylic acids is 1. The first-order chi connectivity index (χ1) is 13.9. The summed E-state index contributed by atoms with van der Waals surface area (Å²) in [5.41, 5.74) is -1.44. The third-order valence-electron chi connectivity index (χ3n) is 3.59. The van der Waals surface area contributed by atoms with Crippen LogP contribution in [0.25, 0.3) is 0 Å². The zero-order chi connectivity index (χ0) is 23.4. The van der Waals surface area contributed by atoms with Crippen molar-refractivity contribution in [1.29, 1.82) is 0 Å². The third-order valence-corrected chi connectivity index (χ3v) is 3.59. The van der Waals surface area contributed by atoms with Crippen molar-refractivity contribution in [2.45, 2.75) is 0 Å². The molecule has 0 aliphatic heterocycles. The minimum atomic E-state index is -1.19. The summed E-state index contributed by atoms with van der Waals surface area (Å²) in [5.74, 6) is -4.36. The predicted molar refractivity (Wildman–Crippen MR) is 102 cm³/mol. The fourth-order valence-corrected chi connectivity index (χ4v) is 2.18. The van der Waals surface area contributed by atoms with E-state index in [2.05, 4.69) is 10.6 Å². The number of amides is 1. The van der Waals surface area contributed by atoms with E-state index in [0.717, 1.165) is 4.90 Å². The summed E-state index contributed by atoms with van der Waals surface area (Å²) in [6.45, 7) is -1.46. The van der Waals surface area contributed by atoms with E-state index >= 15 is 0 Å². The van der Waals surface area contributed by atoms with Gasteiger partial charge in [-0.2, -0.15) is 0 Å². The van der Waals surface area contributed by atoms with E-state index in [-0.39, 0.29) is 31.2 Å². The molecule has 0 saturated heterocycles. The van der Waals surface area contributed by atoms with Gasteiger partial charge in [0.2, 0.25) is 5.91 Å². The molecule has 0 atom stereocenters. The maximum absolute atomic E-state index is 11.3. The van der Waals surface area contributed by atoms with Crippen LogP contribution in [0.1, 0.15) is 0 Å². The van der Waals surface area contributed by atoms with Crippen molar-refractivity contribution < 1.29 is 39.6 Å². The monoisotopic (exact) mass is 432 g/mol. The first kappa shape index (κ1) is 26.5. The number of anilines is 1. The largest absolute Gasteiger partial charge is 0.502 e. The summed E-state index contributed by atoms with van der Waals surface area (Å²) < 4.78 is 0. The van der Waals surface area contributed by atoms with Crippen LogP contribution in [0, 0.1) is 0 Å². The maximum Gasteiger partial charge on any atom is 0.317 e. The molecule has 0 radical (unpaired) electrons. The fraction of sp³-hybridized carbons (Fsp3) is 0.500. The Hall–Kier alpha value is -3.52. The second-order valence-electron chi connectivity index (χ2n) is 5.91. The van der Waals surface area contributed by atoms with Crippen LogP contribution in [0.15, 0.2) is 9.59 Å². The predicted octanol–water partition coefficient (Wildman–Crippen LogP) is -3.38. The van der Waals surface area contributed by atoms with E-state index in [4.69, 9.17) is 20.4 Å². The molecule has 0 spiro atoms. The summed E-state index contributed by atoms with van der Waals surface area (Å²) >= 11 is 0. The van der Waals surface area contributed by atoms with E-state index in [9.17, 15) is 28.8 Å². The van der Waals surface area contributed by atoms with E-state index in [1.807, 2.05) is 0 Å². The molecular weight excluding hydrogens is 408 g/mol. The summed E-state index contributed by atoms with van der Waals surface area (Å²) in [6, 6.07) is 0. The summed E-state index contributed by atoms with van der Waals surface area (Å²) in [4.78, 5) is 66.3. The zero-order valence-electron chi connectivity index (χ0n) is 16.4. The van der Waals surface area contributed by atoms with Crippen LogP contribution in [0.5, 0.6) is 5.75 Å². The molecule has 1 amide bonds. The highest BCUT2D eigenvalue weighted by atomic mass is 16.4. The Kier molecular flexibility index (Phi) is 11.3. The number of carbonyl (C=O) groups is 4.